The lowest BCUT2D eigenvalue weighted by molar-refractivity contribution is -0.119. The maximum atomic E-state index is 11.5. The number of benzene rings is 1. The van der Waals surface area contributed by atoms with Crippen molar-refractivity contribution in [1.82, 2.24) is 29.4 Å². The number of aryl methyl sites for hydroxylation is 1. The largest absolute Gasteiger partial charge is 0.394 e. The van der Waals surface area contributed by atoms with Gasteiger partial charge in [0.25, 0.3) is 0 Å². The number of primary amides is 1. The summed E-state index contributed by atoms with van der Waals surface area (Å²) < 4.78 is 3.15. The van der Waals surface area contributed by atoms with Gasteiger partial charge in [-0.05, 0) is 12.1 Å². The van der Waals surface area contributed by atoms with Crippen molar-refractivity contribution in [3.8, 4) is 11.4 Å². The van der Waals surface area contributed by atoms with Crippen LogP contribution in [0.25, 0.3) is 27.9 Å². The lowest BCUT2D eigenvalue weighted by Gasteiger charge is -2.14. The molecule has 1 atom stereocenters. The number of anilines is 1. The number of nitrogens with zero attached hydrogens (tertiary/aromatic N) is 6. The molecule has 0 radical (unpaired) electrons. The van der Waals surface area contributed by atoms with Gasteiger partial charge in [0.15, 0.2) is 11.5 Å². The molecule has 10 nitrogen and oxygen atoms in total. The minimum absolute atomic E-state index is 0.263. The summed E-state index contributed by atoms with van der Waals surface area (Å²) in [4.78, 5) is 20.6. The number of carbonyl (C=O) groups is 1. The van der Waals surface area contributed by atoms with Gasteiger partial charge in [-0.3, -0.25) is 9.48 Å². The van der Waals surface area contributed by atoms with Gasteiger partial charge in [0.2, 0.25) is 11.9 Å². The molecule has 10 heteroatoms. The zero-order valence-electron chi connectivity index (χ0n) is 13.9. The maximum Gasteiger partial charge on any atom is 0.242 e. The normalized spacial score (nSPS) is 12.5. The fourth-order valence-electron chi connectivity index (χ4n) is 2.67. The zero-order valence-corrected chi connectivity index (χ0v) is 13.9. The molecule has 132 valence electrons. The molecule has 26 heavy (non-hydrogen) atoms. The van der Waals surface area contributed by atoms with E-state index >= 15 is 0 Å². The Balaban J connectivity index is 1.94. The fourth-order valence-corrected chi connectivity index (χ4v) is 2.67. The highest BCUT2D eigenvalue weighted by atomic mass is 16.3. The second-order valence-electron chi connectivity index (χ2n) is 5.81. The Labute approximate surface area is 147 Å². The van der Waals surface area contributed by atoms with Crippen LogP contribution in [0.15, 0.2) is 36.7 Å². The summed E-state index contributed by atoms with van der Waals surface area (Å²) in [5.41, 5.74) is 7.30. The smallest absolute Gasteiger partial charge is 0.242 e. The van der Waals surface area contributed by atoms with Crippen LogP contribution in [0.3, 0.4) is 0 Å². The molecule has 4 aromatic rings. The van der Waals surface area contributed by atoms with Crippen molar-refractivity contribution in [1.29, 1.82) is 0 Å². The maximum absolute atomic E-state index is 11.5. The predicted octanol–water partition coefficient (Wildman–Crippen LogP) is -0.0639. The number of nitrogens with one attached hydrogen (secondary N) is 1. The van der Waals surface area contributed by atoms with E-state index < -0.39 is 18.6 Å². The molecule has 4 rings (SSSR count). The first-order valence-corrected chi connectivity index (χ1v) is 7.88. The Bertz CT molecular complexity index is 1120. The van der Waals surface area contributed by atoms with Crippen molar-refractivity contribution in [3.05, 3.63) is 36.7 Å². The molecule has 0 aliphatic carbocycles. The van der Waals surface area contributed by atoms with Crippen LogP contribution in [-0.2, 0) is 11.8 Å². The first-order chi connectivity index (χ1) is 12.6. The number of rotatable bonds is 5. The lowest BCUT2D eigenvalue weighted by atomic mass is 10.2. The first-order valence-electron chi connectivity index (χ1n) is 7.88. The molecular formula is C16H16N8O2. The van der Waals surface area contributed by atoms with E-state index in [4.69, 9.17) is 5.73 Å². The van der Waals surface area contributed by atoms with Crippen LogP contribution < -0.4 is 11.1 Å². The van der Waals surface area contributed by atoms with Crippen molar-refractivity contribution < 1.29 is 9.90 Å². The second kappa shape index (κ2) is 6.08. The van der Waals surface area contributed by atoms with Crippen LogP contribution in [0, 0.1) is 0 Å². The van der Waals surface area contributed by atoms with Crippen molar-refractivity contribution >= 4 is 28.4 Å². The van der Waals surface area contributed by atoms with Crippen molar-refractivity contribution in [2.75, 3.05) is 11.9 Å². The summed E-state index contributed by atoms with van der Waals surface area (Å²) >= 11 is 0. The molecule has 3 aromatic heterocycles. The summed E-state index contributed by atoms with van der Waals surface area (Å²) in [6.45, 7) is -0.463. The summed E-state index contributed by atoms with van der Waals surface area (Å²) in [6.07, 6.45) is 3.47. The first kappa shape index (κ1) is 16.0. The van der Waals surface area contributed by atoms with E-state index in [1.54, 1.807) is 17.1 Å². The Morgan fingerprint density at radius 3 is 2.85 bits per heavy atom. The number of nitrogens with two attached hydrogens (primary N) is 1. The number of carbonyl (C=O) groups excluding carboxylic acids is 1. The van der Waals surface area contributed by atoms with E-state index in [0.29, 0.717) is 17.0 Å². The number of fused-ring (bicyclic) bond motifs is 3. The minimum Gasteiger partial charge on any atom is -0.394 e. The number of aromatic nitrogens is 6. The Hall–Kier alpha value is -3.53. The van der Waals surface area contributed by atoms with Gasteiger partial charge in [0, 0.05) is 18.6 Å². The third-order valence-corrected chi connectivity index (χ3v) is 3.97. The van der Waals surface area contributed by atoms with E-state index in [1.165, 1.54) is 4.52 Å². The molecule has 4 N–H and O–H groups in total. The zero-order chi connectivity index (χ0) is 18.3. The average molecular weight is 352 g/mol. The van der Waals surface area contributed by atoms with E-state index in [-0.39, 0.29) is 5.95 Å². The lowest BCUT2D eigenvalue weighted by Crippen LogP contribution is -2.39. The molecule has 0 bridgehead atoms. The monoisotopic (exact) mass is 352 g/mol. The SMILES string of the molecule is Cn1cc(-c2nc3c4ccccc4nc(N[C@H](CO)C(N)=O)n3n2)cn1. The third-order valence-electron chi connectivity index (χ3n) is 3.97. The molecule has 0 unspecified atom stereocenters. The minimum atomic E-state index is -0.988. The molecule has 0 spiro atoms. The van der Waals surface area contributed by atoms with E-state index in [1.807, 2.05) is 31.3 Å². The number of amides is 1. The highest BCUT2D eigenvalue weighted by Gasteiger charge is 2.20. The quantitative estimate of drug-likeness (QED) is 0.457. The average Bonchev–Trinajstić information content (AvgIpc) is 3.25. The molecule has 1 aromatic carbocycles. The number of aliphatic hydroxyl groups is 1. The number of aliphatic hydroxyl groups excluding tert-OH is 1. The molecular weight excluding hydrogens is 336 g/mol. The Morgan fingerprint density at radius 1 is 1.35 bits per heavy atom. The predicted molar refractivity (Wildman–Crippen MR) is 94.2 cm³/mol. The van der Waals surface area contributed by atoms with Gasteiger partial charge >= 0.3 is 0 Å². The van der Waals surface area contributed by atoms with E-state index in [0.717, 1.165) is 10.9 Å². The van der Waals surface area contributed by atoms with Crippen molar-refractivity contribution in [2.24, 2.45) is 12.8 Å². The van der Waals surface area contributed by atoms with Gasteiger partial charge in [-0.15, -0.1) is 5.10 Å². The third kappa shape index (κ3) is 2.62. The fraction of sp³-hybridized carbons (Fsp3) is 0.188. The van der Waals surface area contributed by atoms with E-state index in [2.05, 4.69) is 25.5 Å². The van der Waals surface area contributed by atoms with Gasteiger partial charge in [-0.25, -0.2) is 9.97 Å². The van der Waals surface area contributed by atoms with Crippen molar-refractivity contribution in [3.63, 3.8) is 0 Å². The van der Waals surface area contributed by atoms with E-state index in [9.17, 15) is 9.90 Å². The summed E-state index contributed by atoms with van der Waals surface area (Å²) in [6, 6.07) is 6.47. The van der Waals surface area contributed by atoms with Crippen LogP contribution in [0.1, 0.15) is 0 Å². The van der Waals surface area contributed by atoms with Crippen LogP contribution in [0.2, 0.25) is 0 Å². The van der Waals surface area contributed by atoms with Crippen LogP contribution in [-0.4, -0.2) is 53.0 Å². The summed E-state index contributed by atoms with van der Waals surface area (Å²) in [5, 5.41) is 21.6. The Kier molecular flexibility index (Phi) is 3.73. The number of para-hydroxylation sites is 1. The van der Waals surface area contributed by atoms with Crippen LogP contribution in [0.5, 0.6) is 0 Å². The standard InChI is InChI=1S/C16H16N8O2/c1-23-7-9(6-18-23)14-21-15-10-4-2-3-5-11(10)19-16(24(15)22-14)20-12(8-25)13(17)26/h2-7,12,25H,8H2,1H3,(H2,17,26)(H,19,20)/t12-/m1/s1. The van der Waals surface area contributed by atoms with Crippen LogP contribution in [0.4, 0.5) is 5.95 Å². The van der Waals surface area contributed by atoms with Crippen LogP contribution >= 0.6 is 0 Å². The number of hydrogen-bond donors (Lipinski definition) is 3. The second-order valence-corrected chi connectivity index (χ2v) is 5.81. The van der Waals surface area contributed by atoms with Crippen molar-refractivity contribution in [2.45, 2.75) is 6.04 Å². The van der Waals surface area contributed by atoms with Gasteiger partial charge in [-0.1, -0.05) is 12.1 Å². The van der Waals surface area contributed by atoms with Gasteiger partial charge < -0.3 is 16.2 Å². The molecule has 0 saturated carbocycles. The molecule has 0 aliphatic rings. The highest BCUT2D eigenvalue weighted by Crippen LogP contribution is 2.24. The van der Waals surface area contributed by atoms with Gasteiger partial charge in [0.1, 0.15) is 6.04 Å². The van der Waals surface area contributed by atoms with Gasteiger partial charge in [0.05, 0.1) is 23.9 Å². The Morgan fingerprint density at radius 2 is 2.15 bits per heavy atom. The number of hydrogen-bond acceptors (Lipinski definition) is 7. The molecule has 0 saturated heterocycles. The molecule has 1 amide bonds. The summed E-state index contributed by atoms with van der Waals surface area (Å²) in [5.74, 6) is 0.0429. The molecule has 0 fully saturated rings. The highest BCUT2D eigenvalue weighted by molar-refractivity contribution is 5.93. The topological polar surface area (TPSA) is 136 Å². The van der Waals surface area contributed by atoms with Gasteiger partial charge in [-0.2, -0.15) is 9.61 Å². The molecule has 0 aliphatic heterocycles. The summed E-state index contributed by atoms with van der Waals surface area (Å²) in [7, 11) is 1.81. The molecule has 3 heterocycles.